The van der Waals surface area contributed by atoms with Crippen LogP contribution in [-0.4, -0.2) is 19.0 Å². The second-order valence-electron chi connectivity index (χ2n) is 5.53. The number of nitrogens with zero attached hydrogens (tertiary/aromatic N) is 1. The van der Waals surface area contributed by atoms with Gasteiger partial charge in [0.25, 0.3) is 5.91 Å². The number of carbonyl (C=O) groups excluding carboxylic acids is 1. The normalized spacial score (nSPS) is 10.8. The molecule has 0 atom stereocenters. The summed E-state index contributed by atoms with van der Waals surface area (Å²) in [6.45, 7) is 10.5. The molecule has 0 aliphatic carbocycles. The van der Waals surface area contributed by atoms with Gasteiger partial charge < -0.3 is 10.2 Å². The van der Waals surface area contributed by atoms with E-state index in [0.29, 0.717) is 5.92 Å². The molecule has 0 aliphatic heterocycles. The molecule has 1 aromatic heterocycles. The molecule has 2 rings (SSSR count). The molecule has 1 amide bonds. The summed E-state index contributed by atoms with van der Waals surface area (Å²) in [6.07, 6.45) is 0. The number of nitrogens with one attached hydrogen (secondary N) is 1. The monoisotopic (exact) mass is 316 g/mol. The molecule has 4 heteroatoms. The summed E-state index contributed by atoms with van der Waals surface area (Å²) in [6, 6.07) is 10.1. The van der Waals surface area contributed by atoms with Crippen LogP contribution in [0.1, 0.15) is 48.8 Å². The number of carbonyl (C=O) groups is 1. The Morgan fingerprint density at radius 1 is 1.14 bits per heavy atom. The molecule has 0 radical (unpaired) electrons. The van der Waals surface area contributed by atoms with Gasteiger partial charge in [-0.05, 0) is 61.0 Å². The van der Waals surface area contributed by atoms with Crippen molar-refractivity contribution >= 4 is 28.6 Å². The molecule has 0 unspecified atom stereocenters. The van der Waals surface area contributed by atoms with Crippen LogP contribution in [0, 0.1) is 0 Å². The van der Waals surface area contributed by atoms with Crippen molar-refractivity contribution in [2.75, 3.05) is 23.3 Å². The highest BCUT2D eigenvalue weighted by Gasteiger charge is 2.15. The van der Waals surface area contributed by atoms with E-state index in [9.17, 15) is 4.79 Å². The zero-order valence-corrected chi connectivity index (χ0v) is 14.5. The van der Waals surface area contributed by atoms with Gasteiger partial charge in [0.1, 0.15) is 0 Å². The van der Waals surface area contributed by atoms with Crippen molar-refractivity contribution in [2.45, 2.75) is 33.6 Å². The van der Waals surface area contributed by atoms with Crippen LogP contribution in [0.25, 0.3) is 0 Å². The Balaban J connectivity index is 2.10. The molecule has 118 valence electrons. The van der Waals surface area contributed by atoms with Crippen molar-refractivity contribution in [3.8, 4) is 0 Å². The van der Waals surface area contributed by atoms with Crippen LogP contribution in [0.3, 0.4) is 0 Å². The van der Waals surface area contributed by atoms with Crippen molar-refractivity contribution in [1.82, 2.24) is 0 Å². The second-order valence-corrected chi connectivity index (χ2v) is 6.45. The van der Waals surface area contributed by atoms with Gasteiger partial charge in [0.15, 0.2) is 0 Å². The first-order valence-corrected chi connectivity index (χ1v) is 8.68. The van der Waals surface area contributed by atoms with E-state index in [1.54, 1.807) is 0 Å². The minimum Gasteiger partial charge on any atom is -0.372 e. The Kier molecular flexibility index (Phi) is 5.61. The number of rotatable bonds is 6. The van der Waals surface area contributed by atoms with E-state index < -0.39 is 0 Å². The van der Waals surface area contributed by atoms with Gasteiger partial charge in [-0.2, -0.15) is 0 Å². The van der Waals surface area contributed by atoms with Crippen LogP contribution in [0.5, 0.6) is 0 Å². The first-order valence-electron chi connectivity index (χ1n) is 7.80. The Bertz CT molecular complexity index is 612. The molecular formula is C18H24N2OS. The summed E-state index contributed by atoms with van der Waals surface area (Å²) < 4.78 is 0. The van der Waals surface area contributed by atoms with Gasteiger partial charge >= 0.3 is 0 Å². The molecule has 2 aromatic rings. The maximum atomic E-state index is 12.4. The Morgan fingerprint density at radius 2 is 1.77 bits per heavy atom. The molecule has 0 bridgehead atoms. The molecule has 3 nitrogen and oxygen atoms in total. The average molecular weight is 316 g/mol. The highest BCUT2D eigenvalue weighted by atomic mass is 32.1. The molecule has 0 saturated carbocycles. The van der Waals surface area contributed by atoms with Crippen LogP contribution >= 0.6 is 11.3 Å². The van der Waals surface area contributed by atoms with Crippen LogP contribution in [-0.2, 0) is 0 Å². The number of thiophene rings is 1. The van der Waals surface area contributed by atoms with Gasteiger partial charge in [0.05, 0.1) is 4.88 Å². The van der Waals surface area contributed by atoms with Gasteiger partial charge in [-0.15, -0.1) is 11.3 Å². The standard InChI is InChI=1S/C18H24N2OS/c1-5-20(6-2)15-9-7-14(8-10-15)19-18(21)17-16(13(3)4)11-12-22-17/h7-13H,5-6H2,1-4H3,(H,19,21). The molecule has 0 spiro atoms. The zero-order valence-electron chi connectivity index (χ0n) is 13.7. The van der Waals surface area contributed by atoms with Crippen molar-refractivity contribution in [3.63, 3.8) is 0 Å². The van der Waals surface area contributed by atoms with Gasteiger partial charge in [-0.25, -0.2) is 0 Å². The number of benzene rings is 1. The van der Waals surface area contributed by atoms with Crippen LogP contribution < -0.4 is 10.2 Å². The first-order chi connectivity index (χ1) is 10.6. The molecule has 0 aliphatic rings. The summed E-state index contributed by atoms with van der Waals surface area (Å²) >= 11 is 1.50. The largest absolute Gasteiger partial charge is 0.372 e. The molecule has 1 N–H and O–H groups in total. The van der Waals surface area contributed by atoms with E-state index in [0.717, 1.165) is 29.2 Å². The maximum absolute atomic E-state index is 12.4. The smallest absolute Gasteiger partial charge is 0.266 e. The van der Waals surface area contributed by atoms with Crippen molar-refractivity contribution in [1.29, 1.82) is 0 Å². The van der Waals surface area contributed by atoms with E-state index in [4.69, 9.17) is 0 Å². The highest BCUT2D eigenvalue weighted by Crippen LogP contribution is 2.26. The highest BCUT2D eigenvalue weighted by molar-refractivity contribution is 7.12. The number of anilines is 2. The van der Waals surface area contributed by atoms with Crippen molar-refractivity contribution in [3.05, 3.63) is 46.2 Å². The molecule has 0 saturated heterocycles. The van der Waals surface area contributed by atoms with Crippen LogP contribution in [0.15, 0.2) is 35.7 Å². The minimum absolute atomic E-state index is 0.0192. The SMILES string of the molecule is CCN(CC)c1ccc(NC(=O)c2sccc2C(C)C)cc1. The van der Waals surface area contributed by atoms with Crippen molar-refractivity contribution in [2.24, 2.45) is 0 Å². The predicted molar refractivity (Wildman–Crippen MR) is 96.4 cm³/mol. The lowest BCUT2D eigenvalue weighted by atomic mass is 10.0. The van der Waals surface area contributed by atoms with Gasteiger partial charge in [0.2, 0.25) is 0 Å². The van der Waals surface area contributed by atoms with E-state index >= 15 is 0 Å². The summed E-state index contributed by atoms with van der Waals surface area (Å²) in [5.41, 5.74) is 3.13. The maximum Gasteiger partial charge on any atom is 0.266 e. The lowest BCUT2D eigenvalue weighted by molar-refractivity contribution is 0.102. The number of hydrogen-bond acceptors (Lipinski definition) is 3. The Morgan fingerprint density at radius 3 is 2.32 bits per heavy atom. The van der Waals surface area contributed by atoms with Gasteiger partial charge in [-0.3, -0.25) is 4.79 Å². The molecule has 1 aromatic carbocycles. The topological polar surface area (TPSA) is 32.3 Å². The third kappa shape index (κ3) is 3.69. The average Bonchev–Trinajstić information content (AvgIpc) is 3.00. The minimum atomic E-state index is -0.0192. The summed E-state index contributed by atoms with van der Waals surface area (Å²) in [5, 5.41) is 4.97. The summed E-state index contributed by atoms with van der Waals surface area (Å²) in [4.78, 5) is 15.5. The van der Waals surface area contributed by atoms with E-state index in [1.807, 2.05) is 23.6 Å². The van der Waals surface area contributed by atoms with E-state index in [-0.39, 0.29) is 5.91 Å². The Hall–Kier alpha value is -1.81. The lowest BCUT2D eigenvalue weighted by Crippen LogP contribution is -2.21. The van der Waals surface area contributed by atoms with Gasteiger partial charge in [-0.1, -0.05) is 13.8 Å². The van der Waals surface area contributed by atoms with Crippen molar-refractivity contribution < 1.29 is 4.79 Å². The Labute approximate surface area is 137 Å². The first kappa shape index (κ1) is 16.6. The van der Waals surface area contributed by atoms with Crippen LogP contribution in [0.4, 0.5) is 11.4 Å². The number of hydrogen-bond donors (Lipinski definition) is 1. The van der Waals surface area contributed by atoms with Gasteiger partial charge in [0, 0.05) is 24.5 Å². The third-order valence-corrected chi connectivity index (χ3v) is 4.71. The second kappa shape index (κ2) is 7.45. The molecule has 22 heavy (non-hydrogen) atoms. The summed E-state index contributed by atoms with van der Waals surface area (Å²) in [7, 11) is 0. The fraction of sp³-hybridized carbons (Fsp3) is 0.389. The predicted octanol–water partition coefficient (Wildman–Crippen LogP) is 4.97. The molecule has 0 fully saturated rings. The lowest BCUT2D eigenvalue weighted by Gasteiger charge is -2.21. The van der Waals surface area contributed by atoms with E-state index in [2.05, 4.69) is 50.0 Å². The van der Waals surface area contributed by atoms with Crippen LogP contribution in [0.2, 0.25) is 0 Å². The summed E-state index contributed by atoms with van der Waals surface area (Å²) in [5.74, 6) is 0.339. The van der Waals surface area contributed by atoms with E-state index in [1.165, 1.54) is 17.0 Å². The molecule has 1 heterocycles. The number of amides is 1. The quantitative estimate of drug-likeness (QED) is 0.816. The fourth-order valence-corrected chi connectivity index (χ4v) is 3.44. The fourth-order valence-electron chi connectivity index (χ4n) is 2.49. The third-order valence-electron chi connectivity index (χ3n) is 3.78. The zero-order chi connectivity index (χ0) is 16.1. The molecular weight excluding hydrogens is 292 g/mol.